The zero-order valence-corrected chi connectivity index (χ0v) is 15.3. The molecule has 0 saturated carbocycles. The Morgan fingerprint density at radius 1 is 0.962 bits per heavy atom. The highest BCUT2D eigenvalue weighted by molar-refractivity contribution is 6.30. The van der Waals surface area contributed by atoms with Crippen LogP contribution < -0.4 is 5.56 Å². The van der Waals surface area contributed by atoms with Gasteiger partial charge in [0, 0.05) is 34.9 Å². The molecule has 0 spiro atoms. The molecule has 0 aliphatic carbocycles. The molecule has 0 aliphatic heterocycles. The van der Waals surface area contributed by atoms with Gasteiger partial charge in [0.25, 0.3) is 5.56 Å². The first-order valence-corrected chi connectivity index (χ1v) is 8.87. The van der Waals surface area contributed by atoms with E-state index in [0.717, 1.165) is 16.9 Å². The molecule has 26 heavy (non-hydrogen) atoms. The number of hydrogen-bond donors (Lipinski definition) is 0. The van der Waals surface area contributed by atoms with Crippen LogP contribution in [-0.4, -0.2) is 14.0 Å². The highest BCUT2D eigenvalue weighted by Gasteiger charge is 2.10. The zero-order valence-electron chi connectivity index (χ0n) is 14.6. The van der Waals surface area contributed by atoms with Crippen molar-refractivity contribution in [3.63, 3.8) is 0 Å². The van der Waals surface area contributed by atoms with Crippen LogP contribution in [0.4, 0.5) is 0 Å². The first kappa shape index (κ1) is 16.6. The van der Waals surface area contributed by atoms with Crippen LogP contribution in [0, 0.1) is 0 Å². The quantitative estimate of drug-likeness (QED) is 0.517. The summed E-state index contributed by atoms with van der Waals surface area (Å²) in [7, 11) is 0. The summed E-state index contributed by atoms with van der Waals surface area (Å²) in [6, 6.07) is 15.5. The van der Waals surface area contributed by atoms with Gasteiger partial charge >= 0.3 is 0 Å². The van der Waals surface area contributed by atoms with Gasteiger partial charge < -0.3 is 4.40 Å². The van der Waals surface area contributed by atoms with E-state index in [1.807, 2.05) is 48.8 Å². The van der Waals surface area contributed by atoms with E-state index in [-0.39, 0.29) is 5.56 Å². The third-order valence-corrected chi connectivity index (χ3v) is 4.75. The monoisotopic (exact) mass is 363 g/mol. The van der Waals surface area contributed by atoms with E-state index in [9.17, 15) is 4.79 Å². The second-order valence-electron chi connectivity index (χ2n) is 6.58. The van der Waals surface area contributed by atoms with E-state index in [4.69, 9.17) is 11.6 Å². The molecule has 4 rings (SSSR count). The fourth-order valence-electron chi connectivity index (χ4n) is 2.96. The van der Waals surface area contributed by atoms with Gasteiger partial charge in [-0.2, -0.15) is 0 Å². The molecular formula is C21H18ClN3O. The Morgan fingerprint density at radius 2 is 1.65 bits per heavy atom. The standard InChI is InChI=1S/C21H18ClN3O/c1-14(2)15-5-9-18(10-6-15)25-12-11-24-13-19(23-20(24)21(25)26)16-3-7-17(22)8-4-16/h3-14H,1-2H3. The summed E-state index contributed by atoms with van der Waals surface area (Å²) in [5, 5.41) is 0.671. The van der Waals surface area contributed by atoms with Gasteiger partial charge in [0.15, 0.2) is 0 Å². The van der Waals surface area contributed by atoms with Crippen LogP contribution in [0.1, 0.15) is 25.3 Å². The van der Waals surface area contributed by atoms with Crippen molar-refractivity contribution in [2.45, 2.75) is 19.8 Å². The Bertz CT molecular complexity index is 1120. The number of nitrogens with zero attached hydrogens (tertiary/aromatic N) is 3. The van der Waals surface area contributed by atoms with Crippen LogP contribution in [0.15, 0.2) is 71.9 Å². The van der Waals surface area contributed by atoms with E-state index in [1.165, 1.54) is 5.56 Å². The maximum absolute atomic E-state index is 12.9. The van der Waals surface area contributed by atoms with Gasteiger partial charge in [-0.3, -0.25) is 9.36 Å². The highest BCUT2D eigenvalue weighted by atomic mass is 35.5. The van der Waals surface area contributed by atoms with Crippen molar-refractivity contribution in [3.8, 4) is 16.9 Å². The van der Waals surface area contributed by atoms with Crippen molar-refractivity contribution >= 4 is 17.2 Å². The Morgan fingerprint density at radius 3 is 2.31 bits per heavy atom. The average molecular weight is 364 g/mol. The molecule has 0 amide bonds. The van der Waals surface area contributed by atoms with Crippen LogP contribution >= 0.6 is 11.6 Å². The normalized spacial score (nSPS) is 11.4. The minimum absolute atomic E-state index is 0.148. The van der Waals surface area contributed by atoms with Crippen molar-refractivity contribution in [3.05, 3.63) is 88.1 Å². The van der Waals surface area contributed by atoms with E-state index in [0.29, 0.717) is 16.6 Å². The summed E-state index contributed by atoms with van der Waals surface area (Å²) in [5.41, 5.74) is 3.99. The van der Waals surface area contributed by atoms with Crippen molar-refractivity contribution in [2.24, 2.45) is 0 Å². The molecule has 2 heterocycles. The predicted molar refractivity (Wildman–Crippen MR) is 105 cm³/mol. The average Bonchev–Trinajstić information content (AvgIpc) is 3.08. The van der Waals surface area contributed by atoms with Crippen LogP contribution in [0.3, 0.4) is 0 Å². The van der Waals surface area contributed by atoms with Gasteiger partial charge in [-0.1, -0.05) is 49.7 Å². The van der Waals surface area contributed by atoms with E-state index < -0.39 is 0 Å². The second-order valence-corrected chi connectivity index (χ2v) is 7.02. The molecule has 0 unspecified atom stereocenters. The summed E-state index contributed by atoms with van der Waals surface area (Å²) < 4.78 is 3.38. The Labute approximate surface area is 156 Å². The number of rotatable bonds is 3. The molecule has 0 atom stereocenters. The molecule has 4 aromatic rings. The molecule has 5 heteroatoms. The topological polar surface area (TPSA) is 39.3 Å². The summed E-state index contributed by atoms with van der Waals surface area (Å²) in [6.07, 6.45) is 5.47. The Balaban J connectivity index is 1.79. The zero-order chi connectivity index (χ0) is 18.3. The summed E-state index contributed by atoms with van der Waals surface area (Å²) >= 11 is 5.94. The third-order valence-electron chi connectivity index (χ3n) is 4.50. The number of benzene rings is 2. The second kappa shape index (κ2) is 6.46. The lowest BCUT2D eigenvalue weighted by atomic mass is 10.0. The molecule has 0 fully saturated rings. The molecular weight excluding hydrogens is 346 g/mol. The van der Waals surface area contributed by atoms with Crippen LogP contribution in [0.2, 0.25) is 5.02 Å². The smallest absolute Gasteiger partial charge is 0.298 e. The Kier molecular flexibility index (Phi) is 4.13. The van der Waals surface area contributed by atoms with E-state index in [2.05, 4.69) is 31.0 Å². The van der Waals surface area contributed by atoms with Gasteiger partial charge in [-0.05, 0) is 35.7 Å². The van der Waals surface area contributed by atoms with Crippen LogP contribution in [0.5, 0.6) is 0 Å². The first-order chi connectivity index (χ1) is 12.5. The fourth-order valence-corrected chi connectivity index (χ4v) is 3.09. The lowest BCUT2D eigenvalue weighted by Gasteiger charge is -2.09. The first-order valence-electron chi connectivity index (χ1n) is 8.49. The minimum atomic E-state index is -0.148. The molecule has 0 radical (unpaired) electrons. The third kappa shape index (κ3) is 2.93. The number of hydrogen-bond acceptors (Lipinski definition) is 2. The molecule has 0 N–H and O–H groups in total. The summed E-state index contributed by atoms with van der Waals surface area (Å²) in [4.78, 5) is 17.4. The highest BCUT2D eigenvalue weighted by Crippen LogP contribution is 2.21. The van der Waals surface area contributed by atoms with Gasteiger partial charge in [-0.15, -0.1) is 0 Å². The number of halogens is 1. The lowest BCUT2D eigenvalue weighted by molar-refractivity contribution is 0.863. The lowest BCUT2D eigenvalue weighted by Crippen LogP contribution is -2.19. The summed E-state index contributed by atoms with van der Waals surface area (Å²) in [5.74, 6) is 0.456. The molecule has 0 saturated heterocycles. The van der Waals surface area contributed by atoms with Crippen molar-refractivity contribution in [1.82, 2.24) is 14.0 Å². The van der Waals surface area contributed by atoms with Crippen molar-refractivity contribution in [1.29, 1.82) is 0 Å². The maximum Gasteiger partial charge on any atom is 0.298 e. The van der Waals surface area contributed by atoms with Crippen molar-refractivity contribution < 1.29 is 0 Å². The number of aromatic nitrogens is 3. The molecule has 2 aromatic heterocycles. The van der Waals surface area contributed by atoms with Gasteiger partial charge in [0.05, 0.1) is 5.69 Å². The molecule has 4 nitrogen and oxygen atoms in total. The van der Waals surface area contributed by atoms with E-state index >= 15 is 0 Å². The molecule has 2 aromatic carbocycles. The molecule has 0 bridgehead atoms. The van der Waals surface area contributed by atoms with Crippen molar-refractivity contribution in [2.75, 3.05) is 0 Å². The molecule has 0 aliphatic rings. The number of fused-ring (bicyclic) bond motifs is 1. The van der Waals surface area contributed by atoms with Gasteiger partial charge in [0.2, 0.25) is 5.65 Å². The van der Waals surface area contributed by atoms with Crippen LogP contribution in [0.25, 0.3) is 22.6 Å². The summed E-state index contributed by atoms with van der Waals surface area (Å²) in [6.45, 7) is 4.30. The minimum Gasteiger partial charge on any atom is -0.300 e. The predicted octanol–water partition coefficient (Wildman–Crippen LogP) is 4.93. The Hall–Kier alpha value is -2.85. The van der Waals surface area contributed by atoms with Gasteiger partial charge in [-0.25, -0.2) is 4.98 Å². The largest absolute Gasteiger partial charge is 0.300 e. The van der Waals surface area contributed by atoms with E-state index in [1.54, 1.807) is 15.2 Å². The number of imidazole rings is 1. The fraction of sp³-hybridized carbons (Fsp3) is 0.143. The molecule has 130 valence electrons. The maximum atomic E-state index is 12.9. The SMILES string of the molecule is CC(C)c1ccc(-n2ccn3cc(-c4ccc(Cl)cc4)nc3c2=O)cc1. The van der Waals surface area contributed by atoms with Crippen LogP contribution in [-0.2, 0) is 0 Å². The van der Waals surface area contributed by atoms with Gasteiger partial charge in [0.1, 0.15) is 0 Å².